The zero-order chi connectivity index (χ0) is 16.7. The van der Waals surface area contributed by atoms with Gasteiger partial charge in [0, 0.05) is 27.8 Å². The molecular formula is C15H6Cl2NO5-. The first-order valence-corrected chi connectivity index (χ1v) is 7.01. The molecule has 2 aromatic carbocycles. The Balaban J connectivity index is 2.27. The number of benzene rings is 2. The Bertz CT molecular complexity index is 892. The Morgan fingerprint density at radius 3 is 2.52 bits per heavy atom. The molecule has 0 aliphatic carbocycles. The van der Waals surface area contributed by atoms with E-state index >= 15 is 0 Å². The summed E-state index contributed by atoms with van der Waals surface area (Å²) in [7, 11) is 0. The van der Waals surface area contributed by atoms with Crippen LogP contribution in [0.5, 0.6) is 11.5 Å². The second kappa shape index (κ2) is 5.57. The number of non-ortho nitro benzene ring substituents is 1. The van der Waals surface area contributed by atoms with Gasteiger partial charge < -0.3 is 14.6 Å². The number of hydrogen-bond donors (Lipinski definition) is 0. The summed E-state index contributed by atoms with van der Waals surface area (Å²) in [5.74, 6) is -1.32. The Kier molecular flexibility index (Phi) is 3.71. The van der Waals surface area contributed by atoms with E-state index in [2.05, 4.69) is 0 Å². The second-order valence-corrected chi connectivity index (χ2v) is 5.53. The molecule has 0 N–H and O–H groups in total. The molecule has 116 valence electrons. The van der Waals surface area contributed by atoms with Crippen LogP contribution in [0.15, 0.2) is 24.3 Å². The van der Waals surface area contributed by atoms with Crippen LogP contribution in [0.4, 0.5) is 5.69 Å². The molecule has 0 atom stereocenters. The fraction of sp³-hybridized carbons (Fsp3) is 0. The summed E-state index contributed by atoms with van der Waals surface area (Å²) in [5.41, 5.74) is -0.102. The largest absolute Gasteiger partial charge is 0.545 e. The number of carboxylic acid groups (broad SMARTS) is 1. The van der Waals surface area contributed by atoms with Gasteiger partial charge in [0.25, 0.3) is 5.69 Å². The van der Waals surface area contributed by atoms with Crippen LogP contribution in [-0.4, -0.2) is 10.9 Å². The molecule has 0 spiro atoms. The van der Waals surface area contributed by atoms with Crippen LogP contribution in [0, 0.1) is 10.1 Å². The predicted octanol–water partition coefficient (Wildman–Crippen LogP) is 3.54. The number of fused-ring (bicyclic) bond motifs is 2. The number of ether oxygens (including phenoxy) is 1. The molecule has 0 unspecified atom stereocenters. The standard InChI is InChI=1S/C15H7Cl2NO5/c16-8-3-7-1-2-10-11(15(19)20)5-9(18(21)22)6-13(10)23-14(7)12(17)4-8/h1-6H,(H,19,20)/p-1. The van der Waals surface area contributed by atoms with Crippen LogP contribution in [-0.2, 0) is 0 Å². The van der Waals surface area contributed by atoms with Crippen molar-refractivity contribution >= 4 is 47.0 Å². The number of nitrogens with zero attached hydrogens (tertiary/aromatic N) is 1. The lowest BCUT2D eigenvalue weighted by Crippen LogP contribution is -2.23. The maximum absolute atomic E-state index is 11.3. The molecule has 6 nitrogen and oxygen atoms in total. The molecule has 0 saturated heterocycles. The van der Waals surface area contributed by atoms with Crippen LogP contribution in [0.25, 0.3) is 12.2 Å². The van der Waals surface area contributed by atoms with Gasteiger partial charge in [-0.05, 0) is 18.2 Å². The van der Waals surface area contributed by atoms with Gasteiger partial charge in [-0.25, -0.2) is 0 Å². The van der Waals surface area contributed by atoms with Crippen LogP contribution in [0.1, 0.15) is 21.5 Å². The number of nitro benzene ring substituents is 1. The normalized spacial score (nSPS) is 11.9. The van der Waals surface area contributed by atoms with Gasteiger partial charge in [-0.1, -0.05) is 29.3 Å². The molecule has 0 bridgehead atoms. The molecule has 0 fully saturated rings. The van der Waals surface area contributed by atoms with E-state index in [0.29, 0.717) is 10.6 Å². The fourth-order valence-corrected chi connectivity index (χ4v) is 2.79. The topological polar surface area (TPSA) is 92.5 Å². The summed E-state index contributed by atoms with van der Waals surface area (Å²) < 4.78 is 5.62. The quantitative estimate of drug-likeness (QED) is 0.520. The van der Waals surface area contributed by atoms with Gasteiger partial charge in [0.2, 0.25) is 0 Å². The van der Waals surface area contributed by atoms with Crippen molar-refractivity contribution in [2.75, 3.05) is 0 Å². The van der Waals surface area contributed by atoms with E-state index in [-0.39, 0.29) is 27.6 Å². The van der Waals surface area contributed by atoms with Gasteiger partial charge in [0.05, 0.1) is 22.0 Å². The Morgan fingerprint density at radius 1 is 1.13 bits per heavy atom. The molecule has 0 saturated carbocycles. The third-order valence-corrected chi connectivity index (χ3v) is 3.74. The highest BCUT2D eigenvalue weighted by Gasteiger charge is 2.21. The molecule has 1 heterocycles. The molecule has 8 heteroatoms. The van der Waals surface area contributed by atoms with E-state index < -0.39 is 16.6 Å². The Hall–Kier alpha value is -2.57. The third kappa shape index (κ3) is 2.74. The number of carbonyl (C=O) groups is 1. The van der Waals surface area contributed by atoms with Crippen LogP contribution in [0.2, 0.25) is 10.0 Å². The minimum atomic E-state index is -1.55. The predicted molar refractivity (Wildman–Crippen MR) is 82.9 cm³/mol. The zero-order valence-corrected chi connectivity index (χ0v) is 12.7. The lowest BCUT2D eigenvalue weighted by atomic mass is 10.0. The second-order valence-electron chi connectivity index (χ2n) is 4.69. The maximum atomic E-state index is 11.3. The number of aromatic carboxylic acids is 1. The highest BCUT2D eigenvalue weighted by Crippen LogP contribution is 2.42. The molecule has 0 radical (unpaired) electrons. The molecule has 23 heavy (non-hydrogen) atoms. The molecule has 2 aromatic rings. The van der Waals surface area contributed by atoms with Crippen molar-refractivity contribution in [1.29, 1.82) is 0 Å². The van der Waals surface area contributed by atoms with Crippen LogP contribution < -0.4 is 9.84 Å². The van der Waals surface area contributed by atoms with Crippen molar-refractivity contribution in [1.82, 2.24) is 0 Å². The Morgan fingerprint density at radius 2 is 1.87 bits per heavy atom. The van der Waals surface area contributed by atoms with Gasteiger partial charge in [0.15, 0.2) is 5.75 Å². The average Bonchev–Trinajstić information content (AvgIpc) is 2.65. The molecule has 1 aliphatic heterocycles. The average molecular weight is 351 g/mol. The van der Waals surface area contributed by atoms with Crippen molar-refractivity contribution in [3.8, 4) is 11.5 Å². The number of carboxylic acids is 1. The van der Waals surface area contributed by atoms with E-state index in [1.165, 1.54) is 12.1 Å². The summed E-state index contributed by atoms with van der Waals surface area (Å²) in [6.07, 6.45) is 3.03. The molecule has 0 amide bonds. The van der Waals surface area contributed by atoms with Gasteiger partial charge >= 0.3 is 0 Å². The van der Waals surface area contributed by atoms with Gasteiger partial charge in [-0.3, -0.25) is 10.1 Å². The van der Waals surface area contributed by atoms with Gasteiger partial charge in [-0.2, -0.15) is 0 Å². The fourth-order valence-electron chi connectivity index (χ4n) is 2.24. The third-order valence-electron chi connectivity index (χ3n) is 3.24. The highest BCUT2D eigenvalue weighted by atomic mass is 35.5. The monoisotopic (exact) mass is 350 g/mol. The van der Waals surface area contributed by atoms with E-state index in [4.69, 9.17) is 27.9 Å². The minimum Gasteiger partial charge on any atom is -0.545 e. The van der Waals surface area contributed by atoms with Gasteiger partial charge in [-0.15, -0.1) is 0 Å². The first kappa shape index (κ1) is 15.3. The summed E-state index contributed by atoms with van der Waals surface area (Å²) in [6.45, 7) is 0. The van der Waals surface area contributed by atoms with E-state index in [1.54, 1.807) is 12.1 Å². The van der Waals surface area contributed by atoms with Gasteiger partial charge in [0.1, 0.15) is 5.75 Å². The number of rotatable bonds is 2. The zero-order valence-electron chi connectivity index (χ0n) is 11.2. The van der Waals surface area contributed by atoms with E-state index in [1.807, 2.05) is 0 Å². The van der Waals surface area contributed by atoms with Crippen molar-refractivity contribution < 1.29 is 19.6 Å². The first-order chi connectivity index (χ1) is 10.9. The minimum absolute atomic E-state index is 0.00220. The number of nitro groups is 1. The number of carbonyl (C=O) groups excluding carboxylic acids is 1. The first-order valence-electron chi connectivity index (χ1n) is 6.25. The summed E-state index contributed by atoms with van der Waals surface area (Å²) in [4.78, 5) is 21.6. The molecule has 1 aliphatic rings. The molecule has 3 rings (SSSR count). The Labute approximate surface area is 139 Å². The van der Waals surface area contributed by atoms with Crippen LogP contribution in [0.3, 0.4) is 0 Å². The highest BCUT2D eigenvalue weighted by molar-refractivity contribution is 6.36. The molecule has 0 aromatic heterocycles. The maximum Gasteiger partial charge on any atom is 0.273 e. The molecular weight excluding hydrogens is 345 g/mol. The number of halogens is 2. The lowest BCUT2D eigenvalue weighted by molar-refractivity contribution is -0.385. The smallest absolute Gasteiger partial charge is 0.273 e. The van der Waals surface area contributed by atoms with Crippen molar-refractivity contribution in [3.63, 3.8) is 0 Å². The van der Waals surface area contributed by atoms with E-state index in [0.717, 1.165) is 12.1 Å². The number of hydrogen-bond acceptors (Lipinski definition) is 5. The summed E-state index contributed by atoms with van der Waals surface area (Å²) >= 11 is 12.0. The van der Waals surface area contributed by atoms with Crippen molar-refractivity contribution in [2.45, 2.75) is 0 Å². The van der Waals surface area contributed by atoms with E-state index in [9.17, 15) is 20.0 Å². The van der Waals surface area contributed by atoms with Crippen molar-refractivity contribution in [2.24, 2.45) is 0 Å². The summed E-state index contributed by atoms with van der Waals surface area (Å²) in [5, 5.41) is 22.8. The lowest BCUT2D eigenvalue weighted by Gasteiger charge is -2.13. The summed E-state index contributed by atoms with van der Waals surface area (Å²) in [6, 6.07) is 5.09. The van der Waals surface area contributed by atoms with Crippen molar-refractivity contribution in [3.05, 3.63) is 61.1 Å². The SMILES string of the molecule is O=C([O-])c1cc([N+](=O)[O-])cc2c1C=Cc1cc(Cl)cc(Cl)c1O2. The van der Waals surface area contributed by atoms with Crippen LogP contribution >= 0.6 is 23.2 Å².